The summed E-state index contributed by atoms with van der Waals surface area (Å²) in [7, 11) is 0. The van der Waals surface area contributed by atoms with Gasteiger partial charge in [-0.15, -0.1) is 12.4 Å². The van der Waals surface area contributed by atoms with Crippen LogP contribution in [0.15, 0.2) is 24.3 Å². The Bertz CT molecular complexity index is 513. The summed E-state index contributed by atoms with van der Waals surface area (Å²) in [4.78, 5) is 12.2. The lowest BCUT2D eigenvalue weighted by molar-refractivity contribution is -0.123. The number of hydrogen-bond acceptors (Lipinski definition) is 3. The van der Waals surface area contributed by atoms with E-state index in [0.29, 0.717) is 30.1 Å². The second-order valence-corrected chi connectivity index (χ2v) is 6.64. The van der Waals surface area contributed by atoms with E-state index in [1.54, 1.807) is 12.1 Å². The van der Waals surface area contributed by atoms with Crippen molar-refractivity contribution in [3.63, 3.8) is 0 Å². The molecule has 1 aliphatic carbocycles. The van der Waals surface area contributed by atoms with Crippen LogP contribution in [0, 0.1) is 5.92 Å². The molecule has 1 aromatic carbocycles. The van der Waals surface area contributed by atoms with Crippen molar-refractivity contribution in [2.24, 2.45) is 5.92 Å². The van der Waals surface area contributed by atoms with Crippen molar-refractivity contribution >= 4 is 29.9 Å². The molecule has 6 heteroatoms. The standard InChI is InChI=1S/C17H23ClN2O2.ClH/c18-13-5-3-6-14(11-13)22-9-8-19-17(21)16-10-12-4-1-2-7-15(12)20-16;/h3,5-6,11-12,15-16,20H,1-2,4,7-10H2,(H,19,21);1H. The smallest absolute Gasteiger partial charge is 0.237 e. The Morgan fingerprint density at radius 2 is 2.17 bits per heavy atom. The molecule has 0 aromatic heterocycles. The zero-order chi connectivity index (χ0) is 15.4. The Morgan fingerprint density at radius 1 is 1.35 bits per heavy atom. The van der Waals surface area contributed by atoms with Gasteiger partial charge < -0.3 is 15.4 Å². The van der Waals surface area contributed by atoms with Crippen LogP contribution in [0.3, 0.4) is 0 Å². The Hall–Kier alpha value is -0.970. The van der Waals surface area contributed by atoms with Gasteiger partial charge in [0.05, 0.1) is 12.6 Å². The van der Waals surface area contributed by atoms with E-state index in [2.05, 4.69) is 10.6 Å². The maximum Gasteiger partial charge on any atom is 0.237 e. The maximum absolute atomic E-state index is 12.2. The Labute approximate surface area is 148 Å². The largest absolute Gasteiger partial charge is 0.492 e. The molecule has 2 aliphatic rings. The van der Waals surface area contributed by atoms with Gasteiger partial charge in [-0.2, -0.15) is 0 Å². The number of halogens is 2. The second-order valence-electron chi connectivity index (χ2n) is 6.20. The number of benzene rings is 1. The van der Waals surface area contributed by atoms with Crippen LogP contribution < -0.4 is 15.4 Å². The maximum atomic E-state index is 12.2. The van der Waals surface area contributed by atoms with Gasteiger partial charge in [-0.25, -0.2) is 0 Å². The minimum atomic E-state index is -0.0285. The van der Waals surface area contributed by atoms with Crippen molar-refractivity contribution in [2.45, 2.75) is 44.2 Å². The Morgan fingerprint density at radius 3 is 2.96 bits per heavy atom. The average Bonchev–Trinajstić information content (AvgIpc) is 2.95. The number of amides is 1. The molecule has 4 nitrogen and oxygen atoms in total. The summed E-state index contributed by atoms with van der Waals surface area (Å²) in [5, 5.41) is 7.10. The van der Waals surface area contributed by atoms with Gasteiger partial charge in [0.15, 0.2) is 0 Å². The van der Waals surface area contributed by atoms with E-state index in [1.807, 2.05) is 12.1 Å². The first kappa shape index (κ1) is 18.4. The molecule has 3 unspecified atom stereocenters. The number of fused-ring (bicyclic) bond motifs is 1. The molecule has 0 spiro atoms. The molecule has 1 saturated carbocycles. The highest BCUT2D eigenvalue weighted by atomic mass is 35.5. The molecule has 2 N–H and O–H groups in total. The second kappa shape index (κ2) is 8.76. The molecule has 0 radical (unpaired) electrons. The molecule has 3 rings (SSSR count). The Balaban J connectivity index is 0.00000192. The molecule has 3 atom stereocenters. The van der Waals surface area contributed by atoms with Gasteiger partial charge in [-0.1, -0.05) is 30.5 Å². The van der Waals surface area contributed by atoms with Crippen LogP contribution in [0.25, 0.3) is 0 Å². The van der Waals surface area contributed by atoms with Crippen molar-refractivity contribution in [3.8, 4) is 5.75 Å². The van der Waals surface area contributed by atoms with E-state index in [0.717, 1.165) is 12.2 Å². The molecule has 0 bridgehead atoms. The zero-order valence-corrected chi connectivity index (χ0v) is 14.7. The van der Waals surface area contributed by atoms with Gasteiger partial charge in [0.1, 0.15) is 12.4 Å². The molecule has 2 fully saturated rings. The summed E-state index contributed by atoms with van der Waals surface area (Å²) >= 11 is 5.90. The SMILES string of the molecule is Cl.O=C(NCCOc1cccc(Cl)c1)C1CC2CCCCC2N1. The van der Waals surface area contributed by atoms with Gasteiger partial charge in [-0.3, -0.25) is 4.79 Å². The summed E-state index contributed by atoms with van der Waals surface area (Å²) in [5.41, 5.74) is 0. The van der Waals surface area contributed by atoms with Crippen LogP contribution in [0.5, 0.6) is 5.75 Å². The lowest BCUT2D eigenvalue weighted by Crippen LogP contribution is -2.44. The molecular formula is C17H24Cl2N2O2. The lowest BCUT2D eigenvalue weighted by atomic mass is 9.85. The molecule has 1 aliphatic heterocycles. The summed E-state index contributed by atoms with van der Waals surface area (Å²) in [6.45, 7) is 0.963. The third kappa shape index (κ3) is 5.00. The Kier molecular flexibility index (Phi) is 7.00. The topological polar surface area (TPSA) is 50.4 Å². The van der Waals surface area contributed by atoms with Gasteiger partial charge in [-0.05, 0) is 43.4 Å². The minimum absolute atomic E-state index is 0. The van der Waals surface area contributed by atoms with Crippen LogP contribution in [0.2, 0.25) is 5.02 Å². The fourth-order valence-electron chi connectivity index (χ4n) is 3.54. The quantitative estimate of drug-likeness (QED) is 0.794. The van der Waals surface area contributed by atoms with Gasteiger partial charge in [0.2, 0.25) is 5.91 Å². The van der Waals surface area contributed by atoms with Crippen LogP contribution in [-0.4, -0.2) is 31.1 Å². The van der Waals surface area contributed by atoms with E-state index in [-0.39, 0.29) is 24.4 Å². The first-order chi connectivity index (χ1) is 10.7. The minimum Gasteiger partial charge on any atom is -0.492 e. The first-order valence-electron chi connectivity index (χ1n) is 8.14. The highest BCUT2D eigenvalue weighted by Crippen LogP contribution is 2.33. The summed E-state index contributed by atoms with van der Waals surface area (Å²) < 4.78 is 5.57. The first-order valence-corrected chi connectivity index (χ1v) is 8.52. The third-order valence-electron chi connectivity index (χ3n) is 4.65. The monoisotopic (exact) mass is 358 g/mol. The predicted molar refractivity (Wildman–Crippen MR) is 94.5 cm³/mol. The van der Waals surface area contributed by atoms with E-state index in [4.69, 9.17) is 16.3 Å². The highest BCUT2D eigenvalue weighted by Gasteiger charge is 2.37. The van der Waals surface area contributed by atoms with Crippen molar-refractivity contribution in [2.75, 3.05) is 13.2 Å². The average molecular weight is 359 g/mol. The summed E-state index contributed by atoms with van der Waals surface area (Å²) in [6, 6.07) is 7.80. The molecule has 23 heavy (non-hydrogen) atoms. The molecule has 128 valence electrons. The van der Waals surface area contributed by atoms with Crippen LogP contribution >= 0.6 is 24.0 Å². The normalized spacial score (nSPS) is 26.0. The number of hydrogen-bond donors (Lipinski definition) is 2. The molecule has 1 saturated heterocycles. The number of nitrogens with one attached hydrogen (secondary N) is 2. The zero-order valence-electron chi connectivity index (χ0n) is 13.1. The summed E-state index contributed by atoms with van der Waals surface area (Å²) in [6.07, 6.45) is 6.05. The molecule has 1 heterocycles. The number of ether oxygens (including phenoxy) is 1. The van der Waals surface area contributed by atoms with Gasteiger partial charge >= 0.3 is 0 Å². The van der Waals surface area contributed by atoms with Crippen molar-refractivity contribution in [3.05, 3.63) is 29.3 Å². The predicted octanol–water partition coefficient (Wildman–Crippen LogP) is 3.18. The van der Waals surface area contributed by atoms with E-state index < -0.39 is 0 Å². The number of carbonyl (C=O) groups is 1. The third-order valence-corrected chi connectivity index (χ3v) is 4.88. The van der Waals surface area contributed by atoms with Crippen molar-refractivity contribution in [1.82, 2.24) is 10.6 Å². The fraction of sp³-hybridized carbons (Fsp3) is 0.588. The van der Waals surface area contributed by atoms with Crippen LogP contribution in [-0.2, 0) is 4.79 Å². The highest BCUT2D eigenvalue weighted by molar-refractivity contribution is 6.30. The van der Waals surface area contributed by atoms with Crippen molar-refractivity contribution < 1.29 is 9.53 Å². The molecular weight excluding hydrogens is 335 g/mol. The molecule has 1 amide bonds. The van der Waals surface area contributed by atoms with Gasteiger partial charge in [0, 0.05) is 11.1 Å². The molecule has 1 aromatic rings. The fourth-order valence-corrected chi connectivity index (χ4v) is 3.72. The van der Waals surface area contributed by atoms with Gasteiger partial charge in [0.25, 0.3) is 0 Å². The lowest BCUT2D eigenvalue weighted by Gasteiger charge is -2.24. The number of rotatable bonds is 5. The number of carbonyl (C=O) groups excluding carboxylic acids is 1. The summed E-state index contributed by atoms with van der Waals surface area (Å²) in [5.74, 6) is 1.52. The van der Waals surface area contributed by atoms with E-state index in [1.165, 1.54) is 25.7 Å². The van der Waals surface area contributed by atoms with Crippen LogP contribution in [0.1, 0.15) is 32.1 Å². The van der Waals surface area contributed by atoms with Crippen LogP contribution in [0.4, 0.5) is 0 Å². The van der Waals surface area contributed by atoms with Crippen molar-refractivity contribution in [1.29, 1.82) is 0 Å². The van der Waals surface area contributed by atoms with E-state index >= 15 is 0 Å². The van der Waals surface area contributed by atoms with E-state index in [9.17, 15) is 4.79 Å².